The highest BCUT2D eigenvalue weighted by Crippen LogP contribution is 2.35. The summed E-state index contributed by atoms with van der Waals surface area (Å²) >= 11 is 1.29. The zero-order valence-corrected chi connectivity index (χ0v) is 18.7. The van der Waals surface area contributed by atoms with E-state index in [2.05, 4.69) is 25.4 Å². The minimum absolute atomic E-state index is 0.358. The number of nitrogens with one attached hydrogen (secondary N) is 1. The third-order valence-electron chi connectivity index (χ3n) is 5.32. The molecule has 1 N–H and O–H groups in total. The zero-order chi connectivity index (χ0) is 23.2. The second kappa shape index (κ2) is 8.18. The van der Waals surface area contributed by atoms with Gasteiger partial charge in [-0.15, -0.1) is 11.3 Å². The molecule has 8 nitrogen and oxygen atoms in total. The van der Waals surface area contributed by atoms with E-state index in [1.54, 1.807) is 11.7 Å². The molecule has 4 aromatic heterocycles. The molecule has 5 rings (SSSR count). The van der Waals surface area contributed by atoms with Crippen LogP contribution in [0.25, 0.3) is 17.1 Å². The maximum atomic E-state index is 13.0. The summed E-state index contributed by atoms with van der Waals surface area (Å²) in [6.07, 6.45) is 1.45. The number of hydrogen-bond donors (Lipinski definition) is 1. The van der Waals surface area contributed by atoms with Gasteiger partial charge < -0.3 is 14.6 Å². The fourth-order valence-corrected chi connectivity index (χ4v) is 4.60. The van der Waals surface area contributed by atoms with Crippen molar-refractivity contribution in [3.05, 3.63) is 47.0 Å². The molecular formula is C21H20F3N7OS. The molecule has 0 unspecified atom stereocenters. The van der Waals surface area contributed by atoms with E-state index in [1.165, 1.54) is 18.4 Å². The molecule has 4 aromatic rings. The first-order valence-electron chi connectivity index (χ1n) is 10.2. The number of pyridine rings is 1. The van der Waals surface area contributed by atoms with Crippen LogP contribution in [0.2, 0.25) is 0 Å². The van der Waals surface area contributed by atoms with Crippen LogP contribution in [0.1, 0.15) is 23.4 Å². The number of nitrogens with zero attached hydrogens (tertiary/aromatic N) is 6. The van der Waals surface area contributed by atoms with E-state index in [0.717, 1.165) is 33.7 Å². The highest BCUT2D eigenvalue weighted by Gasteiger charge is 2.32. The number of thiazole rings is 1. The fourth-order valence-electron chi connectivity index (χ4n) is 3.89. The zero-order valence-electron chi connectivity index (χ0n) is 17.8. The lowest BCUT2D eigenvalue weighted by Gasteiger charge is -2.12. The first-order chi connectivity index (χ1) is 15.8. The predicted molar refractivity (Wildman–Crippen MR) is 117 cm³/mol. The SMILES string of the molecule is COc1nc(-c2csc(Nc3c4c(nn3CC(F)(F)F)CCC4)n2)ccc1-n1cnc(C)c1. The fraction of sp³-hybridized carbons (Fsp3) is 0.333. The Bertz CT molecular complexity index is 1310. The number of imidazole rings is 1. The van der Waals surface area contributed by atoms with Gasteiger partial charge >= 0.3 is 6.18 Å². The topological polar surface area (TPSA) is 82.7 Å². The van der Waals surface area contributed by atoms with Crippen molar-refractivity contribution in [3.63, 3.8) is 0 Å². The Morgan fingerprint density at radius 2 is 2.03 bits per heavy atom. The van der Waals surface area contributed by atoms with Gasteiger partial charge in [-0.2, -0.15) is 18.3 Å². The number of aromatic nitrogens is 6. The van der Waals surface area contributed by atoms with Crippen LogP contribution in [0.15, 0.2) is 30.0 Å². The smallest absolute Gasteiger partial charge is 0.408 e. The number of anilines is 2. The number of ether oxygens (including phenoxy) is 1. The predicted octanol–water partition coefficient (Wildman–Crippen LogP) is 4.70. The average molecular weight is 476 g/mol. The number of rotatable bonds is 6. The lowest BCUT2D eigenvalue weighted by atomic mass is 10.2. The molecule has 0 aromatic carbocycles. The van der Waals surface area contributed by atoms with E-state index in [4.69, 9.17) is 4.74 Å². The Balaban J connectivity index is 1.43. The van der Waals surface area contributed by atoms with Crippen molar-refractivity contribution in [1.82, 2.24) is 29.3 Å². The summed E-state index contributed by atoms with van der Waals surface area (Å²) in [5.41, 5.74) is 4.33. The third-order valence-corrected chi connectivity index (χ3v) is 6.08. The standard InChI is InChI=1S/C21H20F3N7OS/c1-12-8-30(11-25-12)17-7-6-15(26-19(17)32-2)16-9-33-20(27-16)28-18-13-4-3-5-14(13)29-31(18)10-21(22,23)24/h6-9,11H,3-5,10H2,1-2H3,(H,27,28). The summed E-state index contributed by atoms with van der Waals surface area (Å²) in [5, 5.41) is 9.52. The maximum absolute atomic E-state index is 13.0. The van der Waals surface area contributed by atoms with Crippen LogP contribution >= 0.6 is 11.3 Å². The Morgan fingerprint density at radius 1 is 1.18 bits per heavy atom. The first kappa shape index (κ1) is 21.4. The highest BCUT2D eigenvalue weighted by molar-refractivity contribution is 7.14. The van der Waals surface area contributed by atoms with E-state index < -0.39 is 12.7 Å². The molecular weight excluding hydrogens is 455 g/mol. The molecule has 0 aliphatic heterocycles. The van der Waals surface area contributed by atoms with Gasteiger partial charge in [0.1, 0.15) is 23.7 Å². The van der Waals surface area contributed by atoms with Gasteiger partial charge in [0.25, 0.3) is 0 Å². The second-order valence-corrected chi connectivity index (χ2v) is 8.57. The lowest BCUT2D eigenvalue weighted by Crippen LogP contribution is -2.20. The molecule has 0 fully saturated rings. The molecule has 12 heteroatoms. The lowest BCUT2D eigenvalue weighted by molar-refractivity contribution is -0.142. The molecule has 0 radical (unpaired) electrons. The molecule has 0 atom stereocenters. The molecule has 4 heterocycles. The van der Waals surface area contributed by atoms with Gasteiger partial charge in [-0.1, -0.05) is 0 Å². The average Bonchev–Trinajstić information content (AvgIpc) is 3.54. The number of methoxy groups -OCH3 is 1. The Kier molecular flexibility index (Phi) is 5.31. The number of aryl methyl sites for hydroxylation is 2. The molecule has 33 heavy (non-hydrogen) atoms. The van der Waals surface area contributed by atoms with Crippen molar-refractivity contribution in [2.75, 3.05) is 12.4 Å². The molecule has 0 spiro atoms. The Morgan fingerprint density at radius 3 is 2.76 bits per heavy atom. The molecule has 0 saturated heterocycles. The van der Waals surface area contributed by atoms with Crippen LogP contribution in [0.3, 0.4) is 0 Å². The van der Waals surface area contributed by atoms with Crippen LogP contribution in [0.5, 0.6) is 5.88 Å². The van der Waals surface area contributed by atoms with Gasteiger partial charge in [-0.05, 0) is 38.3 Å². The van der Waals surface area contributed by atoms with Crippen LogP contribution in [0, 0.1) is 6.92 Å². The van der Waals surface area contributed by atoms with E-state index in [1.807, 2.05) is 29.8 Å². The number of fused-ring (bicyclic) bond motifs is 1. The Hall–Kier alpha value is -3.41. The molecule has 1 aliphatic rings. The molecule has 172 valence electrons. The second-order valence-electron chi connectivity index (χ2n) is 7.71. The van der Waals surface area contributed by atoms with E-state index in [0.29, 0.717) is 41.1 Å². The first-order valence-corrected chi connectivity index (χ1v) is 11.1. The van der Waals surface area contributed by atoms with E-state index in [9.17, 15) is 13.2 Å². The normalized spacial score (nSPS) is 13.4. The largest absolute Gasteiger partial charge is 0.479 e. The van der Waals surface area contributed by atoms with E-state index >= 15 is 0 Å². The van der Waals surface area contributed by atoms with Crippen LogP contribution in [-0.2, 0) is 19.4 Å². The highest BCUT2D eigenvalue weighted by atomic mass is 32.1. The van der Waals surface area contributed by atoms with Crippen molar-refractivity contribution in [3.8, 4) is 23.0 Å². The maximum Gasteiger partial charge on any atom is 0.408 e. The number of hydrogen-bond acceptors (Lipinski definition) is 7. The van der Waals surface area contributed by atoms with Crippen molar-refractivity contribution in [1.29, 1.82) is 0 Å². The van der Waals surface area contributed by atoms with Gasteiger partial charge in [0.05, 0.1) is 30.5 Å². The Labute approximate surface area is 191 Å². The van der Waals surface area contributed by atoms with Crippen molar-refractivity contribution in [2.24, 2.45) is 0 Å². The van der Waals surface area contributed by atoms with Gasteiger partial charge in [0.15, 0.2) is 5.13 Å². The summed E-state index contributed by atoms with van der Waals surface area (Å²) in [4.78, 5) is 13.3. The minimum Gasteiger partial charge on any atom is -0.479 e. The van der Waals surface area contributed by atoms with E-state index in [-0.39, 0.29) is 0 Å². The molecule has 0 bridgehead atoms. The quantitative estimate of drug-likeness (QED) is 0.435. The van der Waals surface area contributed by atoms with Gasteiger partial charge in [0.2, 0.25) is 5.88 Å². The summed E-state index contributed by atoms with van der Waals surface area (Å²) < 4.78 is 47.4. The minimum atomic E-state index is -4.36. The van der Waals surface area contributed by atoms with Gasteiger partial charge in [0, 0.05) is 17.1 Å². The monoisotopic (exact) mass is 475 g/mol. The molecule has 0 amide bonds. The van der Waals surface area contributed by atoms with Crippen LogP contribution in [0.4, 0.5) is 24.1 Å². The summed E-state index contributed by atoms with van der Waals surface area (Å²) in [5.74, 6) is 0.769. The van der Waals surface area contributed by atoms with Gasteiger partial charge in [-0.25, -0.2) is 19.6 Å². The number of halogens is 3. The molecule has 0 saturated carbocycles. The van der Waals surface area contributed by atoms with Gasteiger partial charge in [-0.3, -0.25) is 0 Å². The van der Waals surface area contributed by atoms with Crippen LogP contribution in [-0.4, -0.2) is 42.6 Å². The molecule has 1 aliphatic carbocycles. The van der Waals surface area contributed by atoms with Crippen molar-refractivity contribution >= 4 is 22.3 Å². The van der Waals surface area contributed by atoms with Crippen molar-refractivity contribution < 1.29 is 17.9 Å². The number of alkyl halides is 3. The summed E-state index contributed by atoms with van der Waals surface area (Å²) in [7, 11) is 1.54. The van der Waals surface area contributed by atoms with Crippen LogP contribution < -0.4 is 10.1 Å². The third kappa shape index (κ3) is 4.30. The summed E-state index contributed by atoms with van der Waals surface area (Å²) in [6.45, 7) is 0.749. The summed E-state index contributed by atoms with van der Waals surface area (Å²) in [6, 6.07) is 3.68. The van der Waals surface area contributed by atoms with Crippen molar-refractivity contribution in [2.45, 2.75) is 38.9 Å².